The van der Waals surface area contributed by atoms with E-state index in [1.807, 2.05) is 12.1 Å². The van der Waals surface area contributed by atoms with Gasteiger partial charge >= 0.3 is 6.61 Å². The van der Waals surface area contributed by atoms with Crippen LogP contribution in [0.25, 0.3) is 0 Å². The molecule has 0 amide bonds. The first-order valence-corrected chi connectivity index (χ1v) is 8.65. The SMILES string of the molecule is Oc1cccc(C2CN(Cc3ccc(OC(F)F)cc3)Cc3[nH]cnc32)c1. The number of nitrogens with one attached hydrogen (secondary N) is 1. The lowest BCUT2D eigenvalue weighted by molar-refractivity contribution is -0.0498. The summed E-state index contributed by atoms with van der Waals surface area (Å²) >= 11 is 0. The first kappa shape index (κ1) is 17.5. The summed E-state index contributed by atoms with van der Waals surface area (Å²) in [6, 6.07) is 13.9. The standard InChI is InChI=1S/C20H19F2N3O2/c21-20(22)27-16-6-4-13(5-7-16)9-25-10-17(14-2-1-3-15(26)8-14)19-18(11-25)23-12-24-19/h1-8,12,17,20,26H,9-11H2,(H,23,24). The van der Waals surface area contributed by atoms with Gasteiger partial charge in [0.1, 0.15) is 11.5 Å². The second-order valence-electron chi connectivity index (χ2n) is 6.61. The molecule has 4 rings (SSSR count). The number of ether oxygens (including phenoxy) is 1. The highest BCUT2D eigenvalue weighted by Crippen LogP contribution is 2.33. The number of fused-ring (bicyclic) bond motifs is 1. The Morgan fingerprint density at radius 3 is 2.78 bits per heavy atom. The molecule has 1 aliphatic heterocycles. The topological polar surface area (TPSA) is 61.4 Å². The molecule has 0 radical (unpaired) electrons. The van der Waals surface area contributed by atoms with E-state index in [0.29, 0.717) is 6.54 Å². The third-order valence-corrected chi connectivity index (χ3v) is 4.73. The summed E-state index contributed by atoms with van der Waals surface area (Å²) in [7, 11) is 0. The van der Waals surface area contributed by atoms with Crippen LogP contribution in [-0.2, 0) is 13.1 Å². The summed E-state index contributed by atoms with van der Waals surface area (Å²) in [5.41, 5.74) is 4.06. The van der Waals surface area contributed by atoms with E-state index >= 15 is 0 Å². The van der Waals surface area contributed by atoms with Gasteiger partial charge in [-0.15, -0.1) is 0 Å². The van der Waals surface area contributed by atoms with Crippen LogP contribution >= 0.6 is 0 Å². The average molecular weight is 371 g/mol. The van der Waals surface area contributed by atoms with E-state index in [-0.39, 0.29) is 17.4 Å². The summed E-state index contributed by atoms with van der Waals surface area (Å²) in [5, 5.41) is 9.82. The molecule has 0 bridgehead atoms. The van der Waals surface area contributed by atoms with Crippen molar-refractivity contribution in [3.63, 3.8) is 0 Å². The predicted molar refractivity (Wildman–Crippen MR) is 95.7 cm³/mol. The largest absolute Gasteiger partial charge is 0.508 e. The normalized spacial score (nSPS) is 17.1. The maximum Gasteiger partial charge on any atom is 0.387 e. The van der Waals surface area contributed by atoms with Crippen molar-refractivity contribution in [3.05, 3.63) is 77.4 Å². The zero-order valence-corrected chi connectivity index (χ0v) is 14.5. The summed E-state index contributed by atoms with van der Waals surface area (Å²) < 4.78 is 29.0. The fourth-order valence-corrected chi connectivity index (χ4v) is 3.55. The molecule has 0 aliphatic carbocycles. The third-order valence-electron chi connectivity index (χ3n) is 4.73. The van der Waals surface area contributed by atoms with Gasteiger partial charge in [0.05, 0.1) is 17.7 Å². The molecule has 7 heteroatoms. The van der Waals surface area contributed by atoms with E-state index in [0.717, 1.165) is 35.6 Å². The maximum atomic E-state index is 12.3. The monoisotopic (exact) mass is 371 g/mol. The number of aromatic hydroxyl groups is 1. The maximum absolute atomic E-state index is 12.3. The molecule has 0 saturated carbocycles. The number of phenolic OH excluding ortho intramolecular Hbond substituents is 1. The fraction of sp³-hybridized carbons (Fsp3) is 0.250. The van der Waals surface area contributed by atoms with Crippen molar-refractivity contribution in [2.45, 2.75) is 25.6 Å². The van der Waals surface area contributed by atoms with E-state index in [2.05, 4.69) is 19.6 Å². The van der Waals surface area contributed by atoms with Gasteiger partial charge in [0.25, 0.3) is 0 Å². The Balaban J connectivity index is 1.53. The van der Waals surface area contributed by atoms with Gasteiger partial charge in [0.15, 0.2) is 0 Å². The van der Waals surface area contributed by atoms with Crippen LogP contribution in [0.3, 0.4) is 0 Å². The Labute approximate surface area is 155 Å². The minimum atomic E-state index is -2.82. The first-order valence-electron chi connectivity index (χ1n) is 8.65. The number of rotatable bonds is 5. The minimum Gasteiger partial charge on any atom is -0.508 e. The van der Waals surface area contributed by atoms with Crippen molar-refractivity contribution in [1.29, 1.82) is 0 Å². The molecule has 1 aliphatic rings. The molecule has 2 heterocycles. The number of phenols is 1. The van der Waals surface area contributed by atoms with Crippen LogP contribution in [0.4, 0.5) is 8.78 Å². The lowest BCUT2D eigenvalue weighted by Crippen LogP contribution is -2.33. The second kappa shape index (κ2) is 7.36. The van der Waals surface area contributed by atoms with Crippen LogP contribution in [0.15, 0.2) is 54.9 Å². The van der Waals surface area contributed by atoms with Crippen molar-refractivity contribution >= 4 is 0 Å². The van der Waals surface area contributed by atoms with Crippen molar-refractivity contribution in [3.8, 4) is 11.5 Å². The second-order valence-corrected chi connectivity index (χ2v) is 6.61. The van der Waals surface area contributed by atoms with Gasteiger partial charge in [-0.1, -0.05) is 24.3 Å². The lowest BCUT2D eigenvalue weighted by atomic mass is 9.90. The van der Waals surface area contributed by atoms with Crippen molar-refractivity contribution < 1.29 is 18.6 Å². The Hall–Kier alpha value is -2.93. The molecule has 0 fully saturated rings. The number of imidazole rings is 1. The molecule has 1 aromatic heterocycles. The Morgan fingerprint density at radius 2 is 2.04 bits per heavy atom. The molecule has 0 saturated heterocycles. The van der Waals surface area contributed by atoms with Crippen molar-refractivity contribution in [2.24, 2.45) is 0 Å². The molecule has 0 spiro atoms. The Bertz CT molecular complexity index is 912. The molecular weight excluding hydrogens is 352 g/mol. The number of hydrogen-bond acceptors (Lipinski definition) is 4. The van der Waals surface area contributed by atoms with Crippen LogP contribution in [0.1, 0.15) is 28.4 Å². The predicted octanol–water partition coefficient (Wildman–Crippen LogP) is 3.86. The molecule has 27 heavy (non-hydrogen) atoms. The molecule has 1 unspecified atom stereocenters. The number of aromatic nitrogens is 2. The van der Waals surface area contributed by atoms with Gasteiger partial charge in [0, 0.05) is 25.6 Å². The van der Waals surface area contributed by atoms with Crippen LogP contribution < -0.4 is 4.74 Å². The number of H-pyrrole nitrogens is 1. The van der Waals surface area contributed by atoms with Gasteiger partial charge in [-0.2, -0.15) is 8.78 Å². The average Bonchev–Trinajstić information content (AvgIpc) is 3.11. The number of benzene rings is 2. The van der Waals surface area contributed by atoms with Crippen LogP contribution in [0.2, 0.25) is 0 Å². The molecule has 3 aromatic rings. The Kier molecular flexibility index (Phi) is 4.77. The molecular formula is C20H19F2N3O2. The summed E-state index contributed by atoms with van der Waals surface area (Å²) in [6.07, 6.45) is 1.69. The number of aromatic amines is 1. The van der Waals surface area contributed by atoms with Crippen molar-refractivity contribution in [2.75, 3.05) is 6.54 Å². The number of nitrogens with zero attached hydrogens (tertiary/aromatic N) is 2. The van der Waals surface area contributed by atoms with Gasteiger partial charge in [0.2, 0.25) is 0 Å². The minimum absolute atomic E-state index is 0.0496. The summed E-state index contributed by atoms with van der Waals surface area (Å²) in [6.45, 7) is -0.681. The molecule has 5 nitrogen and oxygen atoms in total. The quantitative estimate of drug-likeness (QED) is 0.715. The summed E-state index contributed by atoms with van der Waals surface area (Å²) in [5.74, 6) is 0.436. The van der Waals surface area contributed by atoms with Gasteiger partial charge in [-0.25, -0.2) is 4.98 Å². The van der Waals surface area contributed by atoms with Crippen molar-refractivity contribution in [1.82, 2.24) is 14.9 Å². The van der Waals surface area contributed by atoms with E-state index in [1.165, 1.54) is 0 Å². The third kappa shape index (κ3) is 3.93. The summed E-state index contributed by atoms with van der Waals surface area (Å²) in [4.78, 5) is 9.94. The number of hydrogen-bond donors (Lipinski definition) is 2. The Morgan fingerprint density at radius 1 is 1.22 bits per heavy atom. The van der Waals surface area contributed by atoms with Gasteiger partial charge in [-0.05, 0) is 35.4 Å². The highest BCUT2D eigenvalue weighted by Gasteiger charge is 2.29. The zero-order valence-electron chi connectivity index (χ0n) is 14.5. The van der Waals surface area contributed by atoms with Gasteiger partial charge < -0.3 is 14.8 Å². The van der Waals surface area contributed by atoms with Crippen LogP contribution in [-0.4, -0.2) is 33.1 Å². The van der Waals surface area contributed by atoms with E-state index < -0.39 is 6.61 Å². The smallest absolute Gasteiger partial charge is 0.387 e. The first-order chi connectivity index (χ1) is 13.1. The molecule has 2 aromatic carbocycles. The molecule has 140 valence electrons. The number of alkyl halides is 2. The van der Waals surface area contributed by atoms with Crippen LogP contribution in [0.5, 0.6) is 11.5 Å². The van der Waals surface area contributed by atoms with Gasteiger partial charge in [-0.3, -0.25) is 4.90 Å². The number of halogens is 2. The zero-order chi connectivity index (χ0) is 18.8. The van der Waals surface area contributed by atoms with E-state index in [1.54, 1.807) is 42.7 Å². The van der Waals surface area contributed by atoms with E-state index in [9.17, 15) is 13.9 Å². The van der Waals surface area contributed by atoms with E-state index in [4.69, 9.17) is 0 Å². The highest BCUT2D eigenvalue weighted by molar-refractivity contribution is 5.37. The highest BCUT2D eigenvalue weighted by atomic mass is 19.3. The lowest BCUT2D eigenvalue weighted by Gasteiger charge is -2.32. The molecule has 1 atom stereocenters. The molecule has 2 N–H and O–H groups in total. The fourth-order valence-electron chi connectivity index (χ4n) is 3.55. The van der Waals surface area contributed by atoms with Crippen LogP contribution in [0, 0.1) is 0 Å².